The smallest absolute Gasteiger partial charge is 0.309 e. The van der Waals surface area contributed by atoms with Crippen molar-refractivity contribution in [3.8, 4) is 0 Å². The van der Waals surface area contributed by atoms with Gasteiger partial charge in [-0.25, -0.2) is 0 Å². The zero-order valence-corrected chi connectivity index (χ0v) is 40.1. The number of cyclic esters (lactones) is 1. The Hall–Kier alpha value is -3.17. The summed E-state index contributed by atoms with van der Waals surface area (Å²) in [7, 11) is 4.70. The van der Waals surface area contributed by atoms with Crippen LogP contribution in [0.4, 0.5) is 0 Å². The summed E-state index contributed by atoms with van der Waals surface area (Å²) in [4.78, 5) is 70.1. The summed E-state index contributed by atoms with van der Waals surface area (Å²) >= 11 is 0. The molecule has 4 N–H and O–H groups in total. The number of ether oxygens (including phenoxy) is 5. The van der Waals surface area contributed by atoms with Gasteiger partial charge in [0.1, 0.15) is 24.1 Å². The third-order valence-electron chi connectivity index (χ3n) is 14.4. The highest BCUT2D eigenvalue weighted by Crippen LogP contribution is 2.40. The van der Waals surface area contributed by atoms with E-state index in [1.807, 2.05) is 58.1 Å². The molecule has 5 unspecified atom stereocenters. The van der Waals surface area contributed by atoms with Gasteiger partial charge in [0.2, 0.25) is 11.6 Å². The molecule has 2 bridgehead atoms. The van der Waals surface area contributed by atoms with E-state index in [0.717, 1.165) is 31.3 Å². The van der Waals surface area contributed by atoms with Crippen LogP contribution in [0.1, 0.15) is 138 Å². The highest BCUT2D eigenvalue weighted by atomic mass is 16.6. The Morgan fingerprint density at radius 3 is 2.19 bits per heavy atom. The lowest BCUT2D eigenvalue weighted by atomic mass is 9.73. The van der Waals surface area contributed by atoms with Gasteiger partial charge >= 0.3 is 5.97 Å². The molecule has 2 heterocycles. The molecule has 64 heavy (non-hydrogen) atoms. The van der Waals surface area contributed by atoms with Crippen LogP contribution < -0.4 is 0 Å². The second kappa shape index (κ2) is 26.2. The van der Waals surface area contributed by atoms with Gasteiger partial charge in [-0.1, -0.05) is 89.8 Å². The van der Waals surface area contributed by atoms with Crippen molar-refractivity contribution in [3.05, 3.63) is 47.6 Å². The van der Waals surface area contributed by atoms with Crippen LogP contribution in [0.25, 0.3) is 0 Å². The predicted octanol–water partition coefficient (Wildman–Crippen LogP) is 7.13. The Bertz CT molecular complexity index is 1680. The molecular weight excluding hydrogens is 821 g/mol. The van der Waals surface area contributed by atoms with Gasteiger partial charge in [0.15, 0.2) is 5.78 Å². The molecular formula is C51H80O13. The van der Waals surface area contributed by atoms with Gasteiger partial charge < -0.3 is 39.4 Å². The van der Waals surface area contributed by atoms with Crippen molar-refractivity contribution in [1.29, 1.82) is 0 Å². The number of Topliss-reactive ketones (excluding diaryl/α,β-unsaturated/α-hetero) is 4. The molecule has 2 saturated carbocycles. The summed E-state index contributed by atoms with van der Waals surface area (Å²) in [5, 5.41) is 23.2. The Balaban J connectivity index is 0.0000109. The van der Waals surface area contributed by atoms with E-state index in [1.54, 1.807) is 34.1 Å². The van der Waals surface area contributed by atoms with Crippen LogP contribution in [0.5, 0.6) is 0 Å². The Labute approximate surface area is 382 Å². The minimum absolute atomic E-state index is 0. The molecule has 0 spiro atoms. The van der Waals surface area contributed by atoms with Crippen LogP contribution in [0.2, 0.25) is 0 Å². The summed E-state index contributed by atoms with van der Waals surface area (Å²) in [6.07, 6.45) is 15.4. The van der Waals surface area contributed by atoms with Crippen molar-refractivity contribution in [3.63, 3.8) is 0 Å². The molecule has 0 amide bonds. The topological polar surface area (TPSA) is 203 Å². The van der Waals surface area contributed by atoms with Gasteiger partial charge in [0.05, 0.1) is 24.2 Å². The molecule has 14 atom stereocenters. The van der Waals surface area contributed by atoms with Crippen LogP contribution in [-0.2, 0) is 47.7 Å². The fourth-order valence-corrected chi connectivity index (χ4v) is 10.2. The third kappa shape index (κ3) is 14.9. The van der Waals surface area contributed by atoms with Gasteiger partial charge in [-0.3, -0.25) is 24.0 Å². The van der Waals surface area contributed by atoms with Crippen LogP contribution in [0, 0.1) is 41.4 Å². The number of aliphatic hydroxyl groups is 2. The maximum atomic E-state index is 14.3. The molecule has 0 aromatic rings. The number of hydrogen-bond donors (Lipinski definition) is 2. The van der Waals surface area contributed by atoms with Crippen molar-refractivity contribution in [1.82, 2.24) is 0 Å². The average Bonchev–Trinajstić information content (AvgIpc) is 3.27. The van der Waals surface area contributed by atoms with E-state index in [4.69, 9.17) is 23.7 Å². The number of carbonyl (C=O) groups excluding carboxylic acids is 5. The molecule has 3 fully saturated rings. The second-order valence-corrected chi connectivity index (χ2v) is 19.3. The van der Waals surface area contributed by atoms with E-state index in [-0.39, 0.29) is 54.2 Å². The summed E-state index contributed by atoms with van der Waals surface area (Å²) in [6, 6.07) is 0. The van der Waals surface area contributed by atoms with Crippen molar-refractivity contribution in [2.45, 2.75) is 180 Å². The molecule has 362 valence electrons. The number of carbonyl (C=O) groups is 5. The fourth-order valence-electron chi connectivity index (χ4n) is 10.2. The highest BCUT2D eigenvalue weighted by molar-refractivity contribution is 6.41. The summed E-state index contributed by atoms with van der Waals surface area (Å²) in [6.45, 7) is 11.1. The van der Waals surface area contributed by atoms with Gasteiger partial charge in [-0.2, -0.15) is 0 Å². The molecule has 0 radical (unpaired) electrons. The van der Waals surface area contributed by atoms with Gasteiger partial charge in [-0.05, 0) is 94.1 Å². The Morgan fingerprint density at radius 2 is 1.52 bits per heavy atom. The molecule has 4 rings (SSSR count). The van der Waals surface area contributed by atoms with Crippen molar-refractivity contribution >= 4 is 29.1 Å². The van der Waals surface area contributed by atoms with E-state index < -0.39 is 77.5 Å². The number of allylic oxidation sites excluding steroid dienone is 6. The summed E-state index contributed by atoms with van der Waals surface area (Å²) in [5.74, 6) is -8.20. The fraction of sp³-hybridized carbons (Fsp3) is 0.745. The number of rotatable bonds is 6. The SMILES string of the molecule is COC1CC2CC[C@@H](C)[C@@](O)(O2)C(=O)C(=O)C2CCCC[C@H]2C(=O)OC([C@H](C)C[C@@H]2CCC[C@H](OC)C2)CC(=O)C/C=C(\C)[C@@H](O)C(OC)C(=O)[C@H](C)C[C@H](C)/C=C/C=CC=C1C.O. The Morgan fingerprint density at radius 1 is 0.812 bits per heavy atom. The second-order valence-electron chi connectivity index (χ2n) is 19.3. The zero-order chi connectivity index (χ0) is 46.4. The third-order valence-corrected chi connectivity index (χ3v) is 14.4. The van der Waals surface area contributed by atoms with E-state index >= 15 is 0 Å². The molecule has 2 aliphatic heterocycles. The normalized spacial score (nSPS) is 38.1. The van der Waals surface area contributed by atoms with Gasteiger partial charge in [-0.15, -0.1) is 0 Å². The average molecular weight is 901 g/mol. The molecule has 4 aliphatic rings. The first-order valence-corrected chi connectivity index (χ1v) is 23.6. The first kappa shape index (κ1) is 55.2. The van der Waals surface area contributed by atoms with E-state index in [2.05, 4.69) is 0 Å². The minimum Gasteiger partial charge on any atom is -0.461 e. The van der Waals surface area contributed by atoms with Crippen LogP contribution in [0.15, 0.2) is 47.6 Å². The lowest BCUT2D eigenvalue weighted by Crippen LogP contribution is -2.57. The predicted molar refractivity (Wildman–Crippen MR) is 244 cm³/mol. The first-order chi connectivity index (χ1) is 29.9. The zero-order valence-electron chi connectivity index (χ0n) is 40.1. The molecule has 2 aliphatic carbocycles. The summed E-state index contributed by atoms with van der Waals surface area (Å²) < 4.78 is 29.5. The molecule has 13 nitrogen and oxygen atoms in total. The van der Waals surface area contributed by atoms with E-state index in [1.165, 1.54) is 7.11 Å². The Kier molecular flexibility index (Phi) is 22.6. The van der Waals surface area contributed by atoms with Crippen molar-refractivity contribution < 1.29 is 63.3 Å². The number of hydrogen-bond acceptors (Lipinski definition) is 12. The number of esters is 1. The minimum atomic E-state index is -2.36. The molecule has 0 aromatic heterocycles. The lowest BCUT2D eigenvalue weighted by molar-refractivity contribution is -0.265. The maximum absolute atomic E-state index is 14.3. The van der Waals surface area contributed by atoms with Gasteiger partial charge in [0, 0.05) is 58.3 Å². The highest BCUT2D eigenvalue weighted by Gasteiger charge is 2.53. The molecule has 1 saturated heterocycles. The lowest BCUT2D eigenvalue weighted by Gasteiger charge is -2.42. The largest absolute Gasteiger partial charge is 0.461 e. The van der Waals surface area contributed by atoms with Crippen LogP contribution >= 0.6 is 0 Å². The van der Waals surface area contributed by atoms with E-state index in [0.29, 0.717) is 62.9 Å². The van der Waals surface area contributed by atoms with Crippen molar-refractivity contribution in [2.75, 3.05) is 21.3 Å². The molecule has 13 heteroatoms. The van der Waals surface area contributed by atoms with Crippen molar-refractivity contribution in [2.24, 2.45) is 41.4 Å². The quantitative estimate of drug-likeness (QED) is 0.155. The summed E-state index contributed by atoms with van der Waals surface area (Å²) in [5.41, 5.74) is 1.32. The standard InChI is InChI=1S/C51H78O12.H2O/c1-31-16-11-10-12-17-32(2)43(60-8)30-40-25-23-36(6)51(58,63-40)49(56)47(55)41-20-13-14-21-42(41)50(57)62-44(34(4)27-37-18-15-19-39(28-37)59-7)29-38(52)24-22-33(3)45(53)48(61-9)46(54)35(5)26-31;/h10-12,16-17,22,31,34-37,39-45,48,53,58H,13-15,18-21,23-30H2,1-9H3;1H2/b12-10?,16-11+,32-17?,33-22+;/t31-,34-,35-,36-,37+,39+,40?,41?,42-,43?,44?,45-,48?,51-;/m1./s1. The van der Waals surface area contributed by atoms with Crippen LogP contribution in [-0.4, -0.2) is 109 Å². The van der Waals surface area contributed by atoms with Crippen LogP contribution in [0.3, 0.4) is 0 Å². The number of methoxy groups -OCH3 is 3. The monoisotopic (exact) mass is 901 g/mol. The first-order valence-electron chi connectivity index (χ1n) is 23.6. The van der Waals surface area contributed by atoms with E-state index in [9.17, 15) is 34.2 Å². The molecule has 0 aromatic carbocycles. The number of fused-ring (bicyclic) bond motifs is 3. The maximum Gasteiger partial charge on any atom is 0.309 e. The van der Waals surface area contributed by atoms with Gasteiger partial charge in [0.25, 0.3) is 5.78 Å². The number of aliphatic hydroxyl groups excluding tert-OH is 1. The number of ketones is 4.